The second-order valence-electron chi connectivity index (χ2n) is 7.89. The molecule has 0 radical (unpaired) electrons. The molecule has 4 aromatic rings. The lowest BCUT2D eigenvalue weighted by atomic mass is 10.1. The fourth-order valence-electron chi connectivity index (χ4n) is 3.95. The number of benzene rings is 1. The zero-order valence-corrected chi connectivity index (χ0v) is 18.6. The number of phenolic OH excluding ortho intramolecular Hbond substituents is 1. The fourth-order valence-corrected chi connectivity index (χ4v) is 4.76. The number of carbonyl (C=O) groups excluding carboxylic acids is 1. The zero-order chi connectivity index (χ0) is 22.6. The van der Waals surface area contributed by atoms with Crippen LogP contribution in [0.5, 0.6) is 5.75 Å². The van der Waals surface area contributed by atoms with Gasteiger partial charge >= 0.3 is 0 Å². The molecular weight excluding hydrogens is 438 g/mol. The standard InChI is InChI=1S/C25H23N3O4S/c29-19-9-7-18(8-10-19)15-27(16-20-4-1-11-31-20)17-25(30)28-22(24-6-3-13-33-24)14-21(26-28)23-5-2-12-32-23/h1-13,22,29H,14-17H2. The Labute approximate surface area is 195 Å². The maximum absolute atomic E-state index is 13.5. The zero-order valence-electron chi connectivity index (χ0n) is 17.8. The number of hydrazone groups is 1. The highest BCUT2D eigenvalue weighted by Crippen LogP contribution is 2.35. The topological polar surface area (TPSA) is 82.4 Å². The van der Waals surface area contributed by atoms with Gasteiger partial charge in [0.1, 0.15) is 23.0 Å². The summed E-state index contributed by atoms with van der Waals surface area (Å²) < 4.78 is 11.1. The van der Waals surface area contributed by atoms with Crippen molar-refractivity contribution in [2.75, 3.05) is 6.54 Å². The van der Waals surface area contributed by atoms with Gasteiger partial charge < -0.3 is 13.9 Å². The molecule has 0 aliphatic carbocycles. The maximum atomic E-state index is 13.5. The smallest absolute Gasteiger partial charge is 0.257 e. The molecule has 1 N–H and O–H groups in total. The molecule has 0 bridgehead atoms. The van der Waals surface area contributed by atoms with Crippen LogP contribution in [0.4, 0.5) is 0 Å². The van der Waals surface area contributed by atoms with Crippen LogP contribution in [0.2, 0.25) is 0 Å². The van der Waals surface area contributed by atoms with Gasteiger partial charge in [-0.15, -0.1) is 11.3 Å². The first-order chi connectivity index (χ1) is 16.2. The van der Waals surface area contributed by atoms with E-state index in [1.165, 1.54) is 0 Å². The molecule has 4 heterocycles. The molecule has 0 saturated heterocycles. The molecule has 1 unspecified atom stereocenters. The first-order valence-corrected chi connectivity index (χ1v) is 11.5. The minimum Gasteiger partial charge on any atom is -0.508 e. The number of hydrogen-bond donors (Lipinski definition) is 1. The van der Waals surface area contributed by atoms with Gasteiger partial charge in [-0.25, -0.2) is 5.01 Å². The number of aromatic hydroxyl groups is 1. The predicted molar refractivity (Wildman–Crippen MR) is 125 cm³/mol. The van der Waals surface area contributed by atoms with E-state index in [9.17, 15) is 9.90 Å². The van der Waals surface area contributed by atoms with Crippen LogP contribution >= 0.6 is 11.3 Å². The lowest BCUT2D eigenvalue weighted by Gasteiger charge is -2.26. The van der Waals surface area contributed by atoms with Crippen molar-refractivity contribution in [1.29, 1.82) is 0 Å². The average Bonchev–Trinajstić information content (AvgIpc) is 3.62. The van der Waals surface area contributed by atoms with Crippen molar-refractivity contribution in [3.8, 4) is 5.75 Å². The molecule has 0 fully saturated rings. The van der Waals surface area contributed by atoms with E-state index in [1.54, 1.807) is 41.0 Å². The van der Waals surface area contributed by atoms with Crippen molar-refractivity contribution in [1.82, 2.24) is 9.91 Å². The molecule has 1 aliphatic rings. The number of furan rings is 2. The van der Waals surface area contributed by atoms with E-state index in [1.807, 2.05) is 58.8 Å². The third-order valence-electron chi connectivity index (χ3n) is 5.50. The van der Waals surface area contributed by atoms with Gasteiger partial charge in [0.15, 0.2) is 0 Å². The number of hydrogen-bond acceptors (Lipinski definition) is 7. The molecule has 7 nitrogen and oxygen atoms in total. The Balaban J connectivity index is 1.38. The van der Waals surface area contributed by atoms with Crippen LogP contribution in [0.1, 0.15) is 34.4 Å². The fraction of sp³-hybridized carbons (Fsp3) is 0.200. The summed E-state index contributed by atoms with van der Waals surface area (Å²) in [6.07, 6.45) is 3.85. The van der Waals surface area contributed by atoms with E-state index >= 15 is 0 Å². The molecule has 1 atom stereocenters. The van der Waals surface area contributed by atoms with E-state index in [-0.39, 0.29) is 24.2 Å². The van der Waals surface area contributed by atoms with E-state index in [0.717, 1.165) is 21.9 Å². The van der Waals surface area contributed by atoms with Crippen molar-refractivity contribution in [2.24, 2.45) is 5.10 Å². The van der Waals surface area contributed by atoms with Crippen LogP contribution in [0, 0.1) is 0 Å². The predicted octanol–water partition coefficient (Wildman–Crippen LogP) is 5.02. The van der Waals surface area contributed by atoms with E-state index < -0.39 is 0 Å². The SMILES string of the molecule is O=C(CN(Cc1ccc(O)cc1)Cc1ccco1)N1N=C(c2ccco2)CC1c1cccs1. The van der Waals surface area contributed by atoms with Gasteiger partial charge in [-0.3, -0.25) is 9.69 Å². The first kappa shape index (κ1) is 21.2. The Morgan fingerprint density at radius 2 is 1.88 bits per heavy atom. The molecule has 0 saturated carbocycles. The maximum Gasteiger partial charge on any atom is 0.257 e. The highest BCUT2D eigenvalue weighted by Gasteiger charge is 2.35. The minimum atomic E-state index is -0.156. The van der Waals surface area contributed by atoms with Gasteiger partial charge in [-0.05, 0) is 53.4 Å². The number of phenols is 1. The summed E-state index contributed by atoms with van der Waals surface area (Å²) in [7, 11) is 0. The number of carbonyl (C=O) groups is 1. The van der Waals surface area contributed by atoms with Crippen molar-refractivity contribution in [3.05, 3.63) is 101 Å². The summed E-state index contributed by atoms with van der Waals surface area (Å²) in [5.74, 6) is 1.57. The summed E-state index contributed by atoms with van der Waals surface area (Å²) in [6, 6.07) is 18.3. The Kier molecular flexibility index (Phi) is 6.10. The molecule has 33 heavy (non-hydrogen) atoms. The lowest BCUT2D eigenvalue weighted by Crippen LogP contribution is -2.37. The Morgan fingerprint density at radius 1 is 1.06 bits per heavy atom. The van der Waals surface area contributed by atoms with Crippen LogP contribution in [0.25, 0.3) is 0 Å². The average molecular weight is 462 g/mol. The van der Waals surface area contributed by atoms with Gasteiger partial charge in [0.05, 0.1) is 31.7 Å². The second kappa shape index (κ2) is 9.48. The van der Waals surface area contributed by atoms with Gasteiger partial charge in [0.2, 0.25) is 0 Å². The molecule has 5 rings (SSSR count). The number of amides is 1. The van der Waals surface area contributed by atoms with E-state index in [4.69, 9.17) is 8.83 Å². The Morgan fingerprint density at radius 3 is 2.58 bits per heavy atom. The third kappa shape index (κ3) is 4.92. The van der Waals surface area contributed by atoms with Crippen LogP contribution < -0.4 is 0 Å². The number of thiophene rings is 1. The van der Waals surface area contributed by atoms with E-state index in [2.05, 4.69) is 5.10 Å². The summed E-state index contributed by atoms with van der Waals surface area (Å²) in [5.41, 5.74) is 1.76. The number of nitrogens with zero attached hydrogens (tertiary/aromatic N) is 3. The van der Waals surface area contributed by atoms with Crippen LogP contribution in [-0.4, -0.2) is 33.2 Å². The van der Waals surface area contributed by atoms with E-state index in [0.29, 0.717) is 25.3 Å². The lowest BCUT2D eigenvalue weighted by molar-refractivity contribution is -0.134. The number of rotatable bonds is 8. The summed E-state index contributed by atoms with van der Waals surface area (Å²) in [6.45, 7) is 1.17. The molecule has 0 spiro atoms. The summed E-state index contributed by atoms with van der Waals surface area (Å²) in [4.78, 5) is 16.6. The minimum absolute atomic E-state index is 0.0970. The van der Waals surface area contributed by atoms with Crippen LogP contribution in [0.15, 0.2) is 92.5 Å². The molecule has 1 aliphatic heterocycles. The molecule has 8 heteroatoms. The van der Waals surface area contributed by atoms with Gasteiger partial charge in [0, 0.05) is 17.8 Å². The summed E-state index contributed by atoms with van der Waals surface area (Å²) in [5, 5.41) is 17.9. The van der Waals surface area contributed by atoms with Crippen molar-refractivity contribution in [2.45, 2.75) is 25.6 Å². The van der Waals surface area contributed by atoms with Crippen molar-refractivity contribution in [3.63, 3.8) is 0 Å². The highest BCUT2D eigenvalue weighted by molar-refractivity contribution is 7.10. The van der Waals surface area contributed by atoms with Gasteiger partial charge in [-0.2, -0.15) is 5.10 Å². The second-order valence-corrected chi connectivity index (χ2v) is 8.87. The van der Waals surface area contributed by atoms with Gasteiger partial charge in [0.25, 0.3) is 5.91 Å². The quantitative estimate of drug-likeness (QED) is 0.398. The van der Waals surface area contributed by atoms with Crippen LogP contribution in [0.3, 0.4) is 0 Å². The Hall–Kier alpha value is -3.62. The normalized spacial score (nSPS) is 15.8. The highest BCUT2D eigenvalue weighted by atomic mass is 32.1. The molecular formula is C25H23N3O4S. The first-order valence-electron chi connectivity index (χ1n) is 10.6. The molecule has 1 amide bonds. The third-order valence-corrected chi connectivity index (χ3v) is 6.48. The van der Waals surface area contributed by atoms with Gasteiger partial charge in [-0.1, -0.05) is 18.2 Å². The Bertz CT molecular complexity index is 1200. The van der Waals surface area contributed by atoms with Crippen molar-refractivity contribution >= 4 is 23.0 Å². The van der Waals surface area contributed by atoms with Crippen molar-refractivity contribution < 1.29 is 18.7 Å². The monoisotopic (exact) mass is 461 g/mol. The largest absolute Gasteiger partial charge is 0.508 e. The molecule has 3 aromatic heterocycles. The van der Waals surface area contributed by atoms with Crippen LogP contribution in [-0.2, 0) is 17.9 Å². The summed E-state index contributed by atoms with van der Waals surface area (Å²) >= 11 is 1.62. The molecule has 168 valence electrons. The molecule has 1 aromatic carbocycles.